The van der Waals surface area contributed by atoms with Gasteiger partial charge < -0.3 is 24.1 Å². The van der Waals surface area contributed by atoms with Crippen LogP contribution in [0.15, 0.2) is 28.8 Å². The summed E-state index contributed by atoms with van der Waals surface area (Å²) < 4.78 is 22.0. The highest BCUT2D eigenvalue weighted by molar-refractivity contribution is 5.92. The van der Waals surface area contributed by atoms with E-state index in [4.69, 9.17) is 18.7 Å². The highest BCUT2D eigenvalue weighted by atomic mass is 16.5. The number of rotatable bonds is 7. The maximum atomic E-state index is 12.3. The number of aryl methyl sites for hydroxylation is 1. The van der Waals surface area contributed by atoms with E-state index in [1.165, 1.54) is 0 Å². The molecule has 1 aliphatic carbocycles. The normalized spacial score (nSPS) is 19.4. The number of carbonyl (C=O) groups is 1. The van der Waals surface area contributed by atoms with Gasteiger partial charge in [-0.3, -0.25) is 4.79 Å². The molecule has 1 N–H and O–H groups in total. The van der Waals surface area contributed by atoms with Gasteiger partial charge in [-0.1, -0.05) is 18.1 Å². The van der Waals surface area contributed by atoms with E-state index in [1.807, 2.05) is 25.1 Å². The lowest BCUT2D eigenvalue weighted by molar-refractivity contribution is 0.0882. The van der Waals surface area contributed by atoms with Crippen LogP contribution in [0.4, 0.5) is 0 Å². The Labute approximate surface area is 159 Å². The largest absolute Gasteiger partial charge is 0.493 e. The molecular weight excluding hydrogens is 348 g/mol. The Kier molecular flexibility index (Phi) is 6.21. The number of carbonyl (C=O) groups excluding carboxylic acids is 1. The Balaban J connectivity index is 1.53. The van der Waals surface area contributed by atoms with Crippen molar-refractivity contribution in [3.05, 3.63) is 35.7 Å². The molecule has 7 nitrogen and oxygen atoms in total. The first-order valence-electron chi connectivity index (χ1n) is 9.28. The molecule has 0 spiro atoms. The van der Waals surface area contributed by atoms with Gasteiger partial charge in [0.05, 0.1) is 20.3 Å². The van der Waals surface area contributed by atoms with Crippen molar-refractivity contribution < 1.29 is 23.5 Å². The smallest absolute Gasteiger partial charge is 0.273 e. The third kappa shape index (κ3) is 4.53. The first-order valence-corrected chi connectivity index (χ1v) is 9.28. The number of hydrogen-bond donors (Lipinski definition) is 1. The van der Waals surface area contributed by atoms with Gasteiger partial charge in [0, 0.05) is 18.5 Å². The summed E-state index contributed by atoms with van der Waals surface area (Å²) in [6.07, 6.45) is 4.20. The second-order valence-corrected chi connectivity index (χ2v) is 6.59. The second-order valence-electron chi connectivity index (χ2n) is 6.59. The zero-order chi connectivity index (χ0) is 19.2. The fourth-order valence-electron chi connectivity index (χ4n) is 3.30. The molecule has 1 aliphatic rings. The van der Waals surface area contributed by atoms with E-state index in [0.717, 1.165) is 32.1 Å². The summed E-state index contributed by atoms with van der Waals surface area (Å²) in [6.45, 7) is 1.96. The van der Waals surface area contributed by atoms with Crippen molar-refractivity contribution >= 4 is 5.91 Å². The molecule has 146 valence electrons. The van der Waals surface area contributed by atoms with E-state index in [2.05, 4.69) is 10.5 Å². The molecule has 27 heavy (non-hydrogen) atoms. The topological polar surface area (TPSA) is 82.8 Å². The van der Waals surface area contributed by atoms with Gasteiger partial charge in [0.15, 0.2) is 17.2 Å². The maximum absolute atomic E-state index is 12.3. The Morgan fingerprint density at radius 1 is 1.19 bits per heavy atom. The highest BCUT2D eigenvalue weighted by Gasteiger charge is 2.26. The van der Waals surface area contributed by atoms with Crippen LogP contribution in [-0.4, -0.2) is 37.4 Å². The molecular formula is C20H26N2O5. The fourth-order valence-corrected chi connectivity index (χ4v) is 3.30. The number of nitrogens with one attached hydrogen (secondary N) is 1. The van der Waals surface area contributed by atoms with Crippen molar-refractivity contribution in [2.75, 3.05) is 14.2 Å². The van der Waals surface area contributed by atoms with Crippen LogP contribution in [0.5, 0.6) is 17.2 Å². The van der Waals surface area contributed by atoms with Gasteiger partial charge >= 0.3 is 0 Å². The minimum Gasteiger partial charge on any atom is -0.493 e. The number of aromatic nitrogens is 1. The molecule has 0 aliphatic heterocycles. The third-order valence-electron chi connectivity index (χ3n) is 4.81. The van der Waals surface area contributed by atoms with Crippen LogP contribution in [-0.2, 0) is 6.42 Å². The van der Waals surface area contributed by atoms with E-state index in [-0.39, 0.29) is 18.1 Å². The number of methoxy groups -OCH3 is 2. The summed E-state index contributed by atoms with van der Waals surface area (Å²) in [5.41, 5.74) is 0.339. The molecule has 1 amide bonds. The maximum Gasteiger partial charge on any atom is 0.273 e. The predicted molar refractivity (Wildman–Crippen MR) is 99.6 cm³/mol. The first kappa shape index (κ1) is 19.1. The van der Waals surface area contributed by atoms with Crippen molar-refractivity contribution in [3.8, 4) is 17.2 Å². The molecule has 1 aromatic carbocycles. The van der Waals surface area contributed by atoms with Crippen LogP contribution >= 0.6 is 0 Å². The van der Waals surface area contributed by atoms with Crippen LogP contribution in [0, 0.1) is 0 Å². The van der Waals surface area contributed by atoms with Gasteiger partial charge in [0.2, 0.25) is 5.75 Å². The van der Waals surface area contributed by atoms with Crippen molar-refractivity contribution in [2.45, 2.75) is 51.2 Å². The van der Waals surface area contributed by atoms with Gasteiger partial charge in [0.25, 0.3) is 5.91 Å². The van der Waals surface area contributed by atoms with Crippen LogP contribution < -0.4 is 19.5 Å². The quantitative estimate of drug-likeness (QED) is 0.800. The van der Waals surface area contributed by atoms with Crippen LogP contribution in [0.3, 0.4) is 0 Å². The van der Waals surface area contributed by atoms with Crippen LogP contribution in [0.1, 0.15) is 48.9 Å². The van der Waals surface area contributed by atoms with Crippen molar-refractivity contribution in [3.63, 3.8) is 0 Å². The van der Waals surface area contributed by atoms with Gasteiger partial charge in [-0.25, -0.2) is 0 Å². The molecule has 1 saturated carbocycles. The van der Waals surface area contributed by atoms with E-state index in [0.29, 0.717) is 28.7 Å². The Bertz CT molecular complexity index is 765. The summed E-state index contributed by atoms with van der Waals surface area (Å²) in [7, 11) is 3.21. The number of benzene rings is 1. The number of ether oxygens (including phenoxy) is 3. The Morgan fingerprint density at radius 2 is 1.93 bits per heavy atom. The monoisotopic (exact) mass is 374 g/mol. The van der Waals surface area contributed by atoms with E-state index in [1.54, 1.807) is 20.3 Å². The molecule has 0 radical (unpaired) electrons. The standard InChI is InChI=1S/C20H26N2O5/c1-4-14-12-16(22-27-14)20(23)21-13-8-10-15(11-9-13)26-18-7-5-6-17(24-2)19(18)25-3/h5-7,12-13,15H,4,8-11H2,1-3H3,(H,21,23). The van der Waals surface area contributed by atoms with E-state index >= 15 is 0 Å². The lowest BCUT2D eigenvalue weighted by Crippen LogP contribution is -2.39. The first-order chi connectivity index (χ1) is 13.1. The van der Waals surface area contributed by atoms with Crippen molar-refractivity contribution in [1.29, 1.82) is 0 Å². The summed E-state index contributed by atoms with van der Waals surface area (Å²) in [6, 6.07) is 7.41. The molecule has 1 fully saturated rings. The zero-order valence-electron chi connectivity index (χ0n) is 16.0. The minimum atomic E-state index is -0.183. The van der Waals surface area contributed by atoms with Crippen LogP contribution in [0.2, 0.25) is 0 Å². The lowest BCUT2D eigenvalue weighted by Gasteiger charge is -2.29. The van der Waals surface area contributed by atoms with Crippen LogP contribution in [0.25, 0.3) is 0 Å². The molecule has 1 aromatic heterocycles. The predicted octanol–water partition coefficient (Wildman–Crippen LogP) is 3.37. The molecule has 3 rings (SSSR count). The zero-order valence-corrected chi connectivity index (χ0v) is 16.0. The Hall–Kier alpha value is -2.70. The summed E-state index contributed by atoms with van der Waals surface area (Å²) in [5, 5.41) is 6.86. The van der Waals surface area contributed by atoms with Gasteiger partial charge in [-0.15, -0.1) is 0 Å². The number of amides is 1. The van der Waals surface area contributed by atoms with Crippen molar-refractivity contribution in [1.82, 2.24) is 10.5 Å². The second kappa shape index (κ2) is 8.79. The van der Waals surface area contributed by atoms with E-state index in [9.17, 15) is 4.79 Å². The fraction of sp³-hybridized carbons (Fsp3) is 0.500. The number of nitrogens with zero attached hydrogens (tertiary/aromatic N) is 1. The average Bonchev–Trinajstić information content (AvgIpc) is 3.18. The molecule has 0 saturated heterocycles. The van der Waals surface area contributed by atoms with Crippen molar-refractivity contribution in [2.24, 2.45) is 0 Å². The highest BCUT2D eigenvalue weighted by Crippen LogP contribution is 2.38. The molecule has 0 bridgehead atoms. The lowest BCUT2D eigenvalue weighted by atomic mass is 9.92. The van der Waals surface area contributed by atoms with E-state index < -0.39 is 0 Å². The summed E-state index contributed by atoms with van der Waals surface area (Å²) in [5.74, 6) is 2.46. The molecule has 7 heteroatoms. The minimum absolute atomic E-state index is 0.0814. The number of hydrogen-bond acceptors (Lipinski definition) is 6. The molecule has 1 heterocycles. The summed E-state index contributed by atoms with van der Waals surface area (Å²) >= 11 is 0. The molecule has 0 atom stereocenters. The molecule has 0 unspecified atom stereocenters. The summed E-state index contributed by atoms with van der Waals surface area (Å²) in [4.78, 5) is 12.3. The van der Waals surface area contributed by atoms with Gasteiger partial charge in [-0.2, -0.15) is 0 Å². The Morgan fingerprint density at radius 3 is 2.56 bits per heavy atom. The average molecular weight is 374 g/mol. The van der Waals surface area contributed by atoms with Gasteiger partial charge in [0.1, 0.15) is 5.76 Å². The SMILES string of the molecule is CCc1cc(C(=O)NC2CCC(Oc3cccc(OC)c3OC)CC2)no1. The van der Waals surface area contributed by atoms with Gasteiger partial charge in [-0.05, 0) is 37.8 Å². The molecule has 2 aromatic rings. The number of para-hydroxylation sites is 1. The third-order valence-corrected chi connectivity index (χ3v) is 4.81.